The van der Waals surface area contributed by atoms with E-state index in [1.54, 1.807) is 24.3 Å². The van der Waals surface area contributed by atoms with Crippen LogP contribution in [0.5, 0.6) is 0 Å². The molecule has 0 bridgehead atoms. The Hall–Kier alpha value is -3.09. The summed E-state index contributed by atoms with van der Waals surface area (Å²) in [5.74, 6) is -1.42. The molecular weight excluding hydrogens is 511 g/mol. The molecule has 7 heteroatoms. The van der Waals surface area contributed by atoms with Gasteiger partial charge in [0.05, 0.1) is 26.4 Å². The van der Waals surface area contributed by atoms with Crippen LogP contribution in [0.2, 0.25) is 0 Å². The molecule has 0 unspecified atom stereocenters. The van der Waals surface area contributed by atoms with E-state index in [4.69, 9.17) is 18.7 Å². The van der Waals surface area contributed by atoms with Crippen molar-refractivity contribution in [1.29, 1.82) is 0 Å². The van der Waals surface area contributed by atoms with Gasteiger partial charge in [0.2, 0.25) is 0 Å². The predicted molar refractivity (Wildman–Crippen MR) is 151 cm³/mol. The van der Waals surface area contributed by atoms with Crippen LogP contribution in [-0.4, -0.2) is 35.9 Å². The van der Waals surface area contributed by atoms with Gasteiger partial charge in [0.1, 0.15) is 18.3 Å². The second-order valence-electron chi connectivity index (χ2n) is 9.51. The second-order valence-corrected chi connectivity index (χ2v) is 12.0. The monoisotopic (exact) mass is 544 g/mol. The molecule has 4 aromatic rings. The van der Waals surface area contributed by atoms with Crippen LogP contribution in [0, 0.1) is 0 Å². The molecule has 5 rings (SSSR count). The first-order valence-corrected chi connectivity index (χ1v) is 14.8. The summed E-state index contributed by atoms with van der Waals surface area (Å²) in [6.07, 6.45) is -2.39. The third kappa shape index (κ3) is 6.92. The minimum absolute atomic E-state index is 0.114. The highest BCUT2D eigenvalue weighted by atomic mass is 31.2. The summed E-state index contributed by atoms with van der Waals surface area (Å²) in [5.41, 5.74) is 2.91. The van der Waals surface area contributed by atoms with Crippen molar-refractivity contribution in [2.45, 2.75) is 44.0 Å². The standard InChI is InChI=1S/C32H33O6P/c33-32-31(37-23-27-17-9-3-10-18-27)30(36-22-26-15-7-2-8-16-26)29(24-35-21-25-13-5-1-6-14-25)38-39(32,34)28-19-11-4-12-20-28/h1-20,29-33H,21-24H2/t29-,30-,31+,32+,39+/m1/s1. The van der Waals surface area contributed by atoms with Crippen molar-refractivity contribution in [3.8, 4) is 0 Å². The van der Waals surface area contributed by atoms with Gasteiger partial charge in [-0.1, -0.05) is 109 Å². The number of benzene rings is 4. The van der Waals surface area contributed by atoms with E-state index in [9.17, 15) is 9.67 Å². The normalized spacial score (nSPS) is 24.8. The van der Waals surface area contributed by atoms with Gasteiger partial charge in [-0.05, 0) is 28.8 Å². The van der Waals surface area contributed by atoms with E-state index >= 15 is 0 Å². The molecule has 39 heavy (non-hydrogen) atoms. The third-order valence-electron chi connectivity index (χ3n) is 6.70. The van der Waals surface area contributed by atoms with Crippen molar-refractivity contribution in [2.24, 2.45) is 0 Å². The number of rotatable bonds is 11. The number of hydrogen-bond donors (Lipinski definition) is 1. The first kappa shape index (κ1) is 27.5. The Morgan fingerprint density at radius 3 is 1.56 bits per heavy atom. The van der Waals surface area contributed by atoms with Crippen LogP contribution in [-0.2, 0) is 43.1 Å². The second kappa shape index (κ2) is 13.3. The van der Waals surface area contributed by atoms with Crippen molar-refractivity contribution in [2.75, 3.05) is 6.61 Å². The van der Waals surface area contributed by atoms with Crippen molar-refractivity contribution < 1.29 is 28.4 Å². The van der Waals surface area contributed by atoms with Gasteiger partial charge in [-0.15, -0.1) is 0 Å². The number of aliphatic hydroxyl groups excluding tert-OH is 1. The minimum Gasteiger partial charge on any atom is -0.380 e. The SMILES string of the molecule is O=[P@@]1(c2ccccc2)O[C@H](COCc2ccccc2)[C@@H](OCc2ccccc2)[C@H](OCc2ccccc2)[C@H]1O. The van der Waals surface area contributed by atoms with E-state index in [0.717, 1.165) is 16.7 Å². The van der Waals surface area contributed by atoms with Gasteiger partial charge < -0.3 is 23.8 Å². The molecule has 0 saturated carbocycles. The van der Waals surface area contributed by atoms with E-state index in [1.165, 1.54) is 0 Å². The molecule has 1 aliphatic heterocycles. The molecule has 0 amide bonds. The average molecular weight is 545 g/mol. The molecule has 1 heterocycles. The highest BCUT2D eigenvalue weighted by Gasteiger charge is 2.54. The summed E-state index contributed by atoms with van der Waals surface area (Å²) in [4.78, 5) is 0. The average Bonchev–Trinajstić information content (AvgIpc) is 2.99. The Morgan fingerprint density at radius 2 is 1.05 bits per heavy atom. The Bertz CT molecular complexity index is 1320. The smallest absolute Gasteiger partial charge is 0.262 e. The molecular formula is C32H33O6P. The Kier molecular flexibility index (Phi) is 9.38. The minimum atomic E-state index is -3.76. The zero-order chi connectivity index (χ0) is 26.9. The fourth-order valence-electron chi connectivity index (χ4n) is 4.66. The zero-order valence-electron chi connectivity index (χ0n) is 21.6. The van der Waals surface area contributed by atoms with Crippen LogP contribution in [0.15, 0.2) is 121 Å². The van der Waals surface area contributed by atoms with Crippen molar-refractivity contribution in [3.63, 3.8) is 0 Å². The molecule has 0 aliphatic carbocycles. The van der Waals surface area contributed by atoms with Gasteiger partial charge in [-0.2, -0.15) is 0 Å². The molecule has 202 valence electrons. The molecule has 0 spiro atoms. The lowest BCUT2D eigenvalue weighted by Gasteiger charge is -2.44. The predicted octanol–water partition coefficient (Wildman–Crippen LogP) is 5.69. The lowest BCUT2D eigenvalue weighted by atomic mass is 10.1. The fourth-order valence-corrected chi connectivity index (χ4v) is 7.02. The van der Waals surface area contributed by atoms with E-state index in [0.29, 0.717) is 11.9 Å². The summed E-state index contributed by atoms with van der Waals surface area (Å²) < 4.78 is 39.4. The Balaban J connectivity index is 1.43. The van der Waals surface area contributed by atoms with Crippen LogP contribution in [0.4, 0.5) is 0 Å². The summed E-state index contributed by atoms with van der Waals surface area (Å²) in [5, 5.41) is 12.0. The molecule has 1 aliphatic rings. The third-order valence-corrected chi connectivity index (χ3v) is 9.30. The Labute approximate surface area is 229 Å². The molecule has 4 aromatic carbocycles. The van der Waals surface area contributed by atoms with Crippen molar-refractivity contribution in [1.82, 2.24) is 0 Å². The number of ether oxygens (including phenoxy) is 3. The van der Waals surface area contributed by atoms with Crippen molar-refractivity contribution >= 4 is 12.7 Å². The van der Waals surface area contributed by atoms with E-state index in [1.807, 2.05) is 97.1 Å². The van der Waals surface area contributed by atoms with Gasteiger partial charge in [0, 0.05) is 5.30 Å². The summed E-state index contributed by atoms with van der Waals surface area (Å²) in [7, 11) is -3.76. The van der Waals surface area contributed by atoms with Gasteiger partial charge in [0.25, 0.3) is 7.37 Å². The largest absolute Gasteiger partial charge is 0.380 e. The fraction of sp³-hybridized carbons (Fsp3) is 0.250. The maximum absolute atomic E-state index is 14.4. The summed E-state index contributed by atoms with van der Waals surface area (Å²) >= 11 is 0. The first-order chi connectivity index (χ1) is 19.1. The molecule has 6 nitrogen and oxygen atoms in total. The van der Waals surface area contributed by atoms with Gasteiger partial charge in [-0.25, -0.2) is 0 Å². The Morgan fingerprint density at radius 1 is 0.615 bits per heavy atom. The first-order valence-electron chi connectivity index (χ1n) is 13.1. The van der Waals surface area contributed by atoms with E-state index < -0.39 is 31.5 Å². The van der Waals surface area contributed by atoms with Gasteiger partial charge in [0.15, 0.2) is 5.85 Å². The van der Waals surface area contributed by atoms with Crippen LogP contribution >= 0.6 is 7.37 Å². The molecule has 1 N–H and O–H groups in total. The van der Waals surface area contributed by atoms with Crippen LogP contribution in [0.3, 0.4) is 0 Å². The van der Waals surface area contributed by atoms with Crippen LogP contribution in [0.25, 0.3) is 0 Å². The molecule has 1 saturated heterocycles. The van der Waals surface area contributed by atoms with Gasteiger partial charge >= 0.3 is 0 Å². The van der Waals surface area contributed by atoms with Crippen LogP contribution < -0.4 is 5.30 Å². The molecule has 0 aromatic heterocycles. The zero-order valence-corrected chi connectivity index (χ0v) is 22.5. The van der Waals surface area contributed by atoms with Crippen molar-refractivity contribution in [3.05, 3.63) is 138 Å². The van der Waals surface area contributed by atoms with E-state index in [-0.39, 0.29) is 19.8 Å². The molecule has 0 radical (unpaired) electrons. The lowest BCUT2D eigenvalue weighted by Crippen LogP contribution is -2.55. The molecule has 1 fully saturated rings. The van der Waals surface area contributed by atoms with E-state index in [2.05, 4.69) is 0 Å². The topological polar surface area (TPSA) is 74.2 Å². The number of aliphatic hydroxyl groups is 1. The highest BCUT2D eigenvalue weighted by Crippen LogP contribution is 2.57. The lowest BCUT2D eigenvalue weighted by molar-refractivity contribution is -0.174. The maximum Gasteiger partial charge on any atom is 0.262 e. The number of hydrogen-bond acceptors (Lipinski definition) is 6. The highest BCUT2D eigenvalue weighted by molar-refractivity contribution is 7.67. The van der Waals surface area contributed by atoms with Crippen LogP contribution in [0.1, 0.15) is 16.7 Å². The quantitative estimate of drug-likeness (QED) is 0.245. The summed E-state index contributed by atoms with van der Waals surface area (Å²) in [6.45, 7) is 0.973. The summed E-state index contributed by atoms with van der Waals surface area (Å²) in [6, 6.07) is 38.1. The maximum atomic E-state index is 14.4. The molecule has 5 atom stereocenters. The van der Waals surface area contributed by atoms with Gasteiger partial charge in [-0.3, -0.25) is 4.57 Å².